The van der Waals surface area contributed by atoms with Crippen LogP contribution in [0.25, 0.3) is 11.5 Å². The van der Waals surface area contributed by atoms with E-state index in [1.807, 2.05) is 18.2 Å². The second-order valence-electron chi connectivity index (χ2n) is 4.73. The van der Waals surface area contributed by atoms with Crippen molar-refractivity contribution in [2.75, 3.05) is 13.1 Å². The van der Waals surface area contributed by atoms with Gasteiger partial charge in [0, 0.05) is 13.1 Å². The molecule has 0 amide bonds. The molecule has 21 heavy (non-hydrogen) atoms. The number of halogens is 1. The molecule has 1 aromatic heterocycles. The molecule has 0 saturated carbocycles. The highest BCUT2D eigenvalue weighted by Gasteiger charge is 2.17. The fourth-order valence-corrected chi connectivity index (χ4v) is 3.47. The molecule has 7 heteroatoms. The van der Waals surface area contributed by atoms with E-state index in [9.17, 15) is 0 Å². The molecule has 1 aliphatic rings. The number of benzene rings is 1. The van der Waals surface area contributed by atoms with Crippen LogP contribution in [0.1, 0.15) is 18.7 Å². The van der Waals surface area contributed by atoms with Crippen LogP contribution in [-0.2, 0) is 5.75 Å². The van der Waals surface area contributed by atoms with E-state index in [0.717, 1.165) is 23.0 Å². The zero-order valence-electron chi connectivity index (χ0n) is 11.3. The van der Waals surface area contributed by atoms with Crippen molar-refractivity contribution in [2.24, 2.45) is 0 Å². The molecule has 2 heterocycles. The molecular weight excluding hydrogens is 326 g/mol. The van der Waals surface area contributed by atoms with Gasteiger partial charge in [0.1, 0.15) is 4.32 Å². The lowest BCUT2D eigenvalue weighted by Crippen LogP contribution is -2.23. The Hall–Kier alpha value is -1.11. The highest BCUT2D eigenvalue weighted by molar-refractivity contribution is 8.22. The van der Waals surface area contributed by atoms with E-state index in [2.05, 4.69) is 15.1 Å². The standard InChI is InChI=1S/C14H14ClN3OS2/c15-11-6-2-1-5-10(11)13-17-16-12(19-13)9-21-14(20)18-7-3-4-8-18/h1-2,5-6H,3-4,7-9H2. The van der Waals surface area contributed by atoms with Crippen molar-refractivity contribution in [1.29, 1.82) is 0 Å². The van der Waals surface area contributed by atoms with Crippen LogP contribution in [0, 0.1) is 0 Å². The maximum atomic E-state index is 6.12. The van der Waals surface area contributed by atoms with Gasteiger partial charge < -0.3 is 9.32 Å². The van der Waals surface area contributed by atoms with Gasteiger partial charge in [-0.05, 0) is 25.0 Å². The van der Waals surface area contributed by atoms with Crippen LogP contribution in [0.5, 0.6) is 0 Å². The summed E-state index contributed by atoms with van der Waals surface area (Å²) in [6.45, 7) is 2.11. The fourth-order valence-electron chi connectivity index (χ4n) is 2.17. The summed E-state index contributed by atoms with van der Waals surface area (Å²) < 4.78 is 6.57. The molecule has 1 aromatic carbocycles. The minimum Gasteiger partial charge on any atom is -0.420 e. The lowest BCUT2D eigenvalue weighted by atomic mass is 10.2. The molecule has 2 aromatic rings. The highest BCUT2D eigenvalue weighted by atomic mass is 35.5. The van der Waals surface area contributed by atoms with Crippen LogP contribution in [0.4, 0.5) is 0 Å². The predicted molar refractivity (Wildman–Crippen MR) is 89.4 cm³/mol. The van der Waals surface area contributed by atoms with Gasteiger partial charge in [-0.2, -0.15) is 0 Å². The summed E-state index contributed by atoms with van der Waals surface area (Å²) in [5, 5.41) is 8.71. The number of nitrogens with zero attached hydrogens (tertiary/aromatic N) is 3. The number of hydrogen-bond acceptors (Lipinski definition) is 5. The molecule has 0 N–H and O–H groups in total. The molecule has 4 nitrogen and oxygen atoms in total. The first-order chi connectivity index (χ1) is 10.2. The third kappa shape index (κ3) is 3.56. The minimum absolute atomic E-state index is 0.447. The van der Waals surface area contributed by atoms with Crippen LogP contribution >= 0.6 is 35.6 Å². The van der Waals surface area contributed by atoms with E-state index < -0.39 is 0 Å². The lowest BCUT2D eigenvalue weighted by Gasteiger charge is -2.16. The van der Waals surface area contributed by atoms with Crippen LogP contribution < -0.4 is 0 Å². The zero-order chi connectivity index (χ0) is 14.7. The van der Waals surface area contributed by atoms with Gasteiger partial charge in [0.15, 0.2) is 0 Å². The van der Waals surface area contributed by atoms with Gasteiger partial charge in [-0.25, -0.2) is 0 Å². The van der Waals surface area contributed by atoms with Gasteiger partial charge in [0.2, 0.25) is 11.8 Å². The highest BCUT2D eigenvalue weighted by Crippen LogP contribution is 2.27. The SMILES string of the molecule is S=C(SCc1nnc(-c2ccccc2Cl)o1)N1CCCC1. The maximum Gasteiger partial charge on any atom is 0.249 e. The van der Waals surface area contributed by atoms with E-state index in [1.165, 1.54) is 12.8 Å². The number of thiocarbonyl (C=S) groups is 1. The largest absolute Gasteiger partial charge is 0.420 e. The van der Waals surface area contributed by atoms with E-state index in [1.54, 1.807) is 17.8 Å². The lowest BCUT2D eigenvalue weighted by molar-refractivity contribution is 0.527. The zero-order valence-corrected chi connectivity index (χ0v) is 13.7. The van der Waals surface area contributed by atoms with Crippen molar-refractivity contribution in [3.63, 3.8) is 0 Å². The summed E-state index contributed by atoms with van der Waals surface area (Å²) in [4.78, 5) is 2.23. The third-order valence-electron chi connectivity index (χ3n) is 3.25. The van der Waals surface area contributed by atoms with E-state index in [0.29, 0.717) is 22.6 Å². The quantitative estimate of drug-likeness (QED) is 0.787. The Balaban J connectivity index is 1.63. The third-order valence-corrected chi connectivity index (χ3v) is 5.09. The predicted octanol–water partition coefficient (Wildman–Crippen LogP) is 4.00. The normalized spacial score (nSPS) is 14.6. The van der Waals surface area contributed by atoms with Gasteiger partial charge in [-0.1, -0.05) is 47.7 Å². The fraction of sp³-hybridized carbons (Fsp3) is 0.357. The van der Waals surface area contributed by atoms with E-state index in [-0.39, 0.29) is 0 Å². The summed E-state index contributed by atoms with van der Waals surface area (Å²) in [6, 6.07) is 7.43. The first-order valence-electron chi connectivity index (χ1n) is 6.73. The molecule has 0 radical (unpaired) electrons. The molecule has 1 fully saturated rings. The average molecular weight is 340 g/mol. The number of hydrogen-bond donors (Lipinski definition) is 0. The Morgan fingerprint density at radius 3 is 2.81 bits per heavy atom. The van der Waals surface area contributed by atoms with Crippen LogP contribution in [0.2, 0.25) is 5.02 Å². The van der Waals surface area contributed by atoms with Crippen LogP contribution in [0.15, 0.2) is 28.7 Å². The summed E-state index contributed by atoms with van der Waals surface area (Å²) in [5.74, 6) is 1.60. The molecule has 110 valence electrons. The monoisotopic (exact) mass is 339 g/mol. The van der Waals surface area contributed by atoms with Crippen molar-refractivity contribution in [2.45, 2.75) is 18.6 Å². The molecule has 0 unspecified atom stereocenters. The van der Waals surface area contributed by atoms with Crippen molar-refractivity contribution in [3.8, 4) is 11.5 Å². The molecule has 1 aliphatic heterocycles. The summed E-state index contributed by atoms with van der Waals surface area (Å²) in [7, 11) is 0. The Morgan fingerprint density at radius 2 is 2.05 bits per heavy atom. The summed E-state index contributed by atoms with van der Waals surface area (Å²) in [5.41, 5.74) is 0.755. The number of thioether (sulfide) groups is 1. The van der Waals surface area contributed by atoms with E-state index in [4.69, 9.17) is 28.2 Å². The molecule has 0 atom stereocenters. The Labute approximate surface area is 137 Å². The summed E-state index contributed by atoms with van der Waals surface area (Å²) >= 11 is 13.1. The number of aromatic nitrogens is 2. The van der Waals surface area contributed by atoms with Crippen molar-refractivity contribution in [3.05, 3.63) is 35.2 Å². The second-order valence-corrected chi connectivity index (χ2v) is 6.75. The molecule has 1 saturated heterocycles. The molecule has 0 spiro atoms. The molecule has 3 rings (SSSR count). The number of likely N-dealkylation sites (tertiary alicyclic amines) is 1. The topological polar surface area (TPSA) is 42.2 Å². The van der Waals surface area contributed by atoms with Gasteiger partial charge in [-0.15, -0.1) is 10.2 Å². The molecular formula is C14H14ClN3OS2. The van der Waals surface area contributed by atoms with Crippen LogP contribution in [-0.4, -0.2) is 32.5 Å². The van der Waals surface area contributed by atoms with Crippen LogP contribution in [0.3, 0.4) is 0 Å². The van der Waals surface area contributed by atoms with Crippen molar-refractivity contribution >= 4 is 39.9 Å². The Morgan fingerprint density at radius 1 is 1.29 bits per heavy atom. The Bertz CT molecular complexity index is 641. The smallest absolute Gasteiger partial charge is 0.249 e. The minimum atomic E-state index is 0.447. The van der Waals surface area contributed by atoms with Gasteiger partial charge in [0.25, 0.3) is 0 Å². The number of rotatable bonds is 3. The maximum absolute atomic E-state index is 6.12. The van der Waals surface area contributed by atoms with Crippen molar-refractivity contribution in [1.82, 2.24) is 15.1 Å². The van der Waals surface area contributed by atoms with E-state index >= 15 is 0 Å². The van der Waals surface area contributed by atoms with Gasteiger partial charge in [0.05, 0.1) is 16.3 Å². The molecule has 0 aliphatic carbocycles. The first-order valence-corrected chi connectivity index (χ1v) is 8.50. The van der Waals surface area contributed by atoms with Crippen molar-refractivity contribution < 1.29 is 4.42 Å². The average Bonchev–Trinajstić information content (AvgIpc) is 3.17. The van der Waals surface area contributed by atoms with Gasteiger partial charge in [-0.3, -0.25) is 0 Å². The first kappa shape index (κ1) is 14.8. The second kappa shape index (κ2) is 6.77. The van der Waals surface area contributed by atoms with Gasteiger partial charge >= 0.3 is 0 Å². The summed E-state index contributed by atoms with van der Waals surface area (Å²) in [6.07, 6.45) is 2.44. The Kier molecular flexibility index (Phi) is 4.77. The molecule has 0 bridgehead atoms.